The second-order valence-electron chi connectivity index (χ2n) is 5.34. The summed E-state index contributed by atoms with van der Waals surface area (Å²) in [6.07, 6.45) is 1.62. The number of hydrogen-bond donors (Lipinski definition) is 0. The SMILES string of the molecule is CCn1c(SCc2nc(-c3cccc(Cl)c3)no2)nnc1-c1ccco1. The highest BCUT2D eigenvalue weighted by atomic mass is 35.5. The molecule has 4 aromatic rings. The van der Waals surface area contributed by atoms with Crippen LogP contribution in [0.3, 0.4) is 0 Å². The van der Waals surface area contributed by atoms with Crippen LogP contribution < -0.4 is 0 Å². The standard InChI is InChI=1S/C17H14ClN5O2S/c1-2-23-16(13-7-4-8-24-13)20-21-17(23)26-10-14-19-15(22-25-14)11-5-3-6-12(18)9-11/h3-9H,2,10H2,1H3. The van der Waals surface area contributed by atoms with Crippen LogP contribution >= 0.6 is 23.4 Å². The van der Waals surface area contributed by atoms with Gasteiger partial charge in [-0.15, -0.1) is 10.2 Å². The van der Waals surface area contributed by atoms with Crippen molar-refractivity contribution in [3.63, 3.8) is 0 Å². The van der Waals surface area contributed by atoms with Crippen LogP contribution in [-0.2, 0) is 12.3 Å². The fraction of sp³-hybridized carbons (Fsp3) is 0.176. The van der Waals surface area contributed by atoms with Gasteiger partial charge in [-0.1, -0.05) is 40.7 Å². The summed E-state index contributed by atoms with van der Waals surface area (Å²) in [6, 6.07) is 11.0. The predicted molar refractivity (Wildman–Crippen MR) is 97.7 cm³/mol. The molecule has 0 unspecified atom stereocenters. The molecular formula is C17H14ClN5O2S. The lowest BCUT2D eigenvalue weighted by Crippen LogP contribution is -1.99. The minimum atomic E-state index is 0.490. The van der Waals surface area contributed by atoms with Gasteiger partial charge in [0.2, 0.25) is 11.7 Å². The summed E-state index contributed by atoms with van der Waals surface area (Å²) in [7, 11) is 0. The van der Waals surface area contributed by atoms with Crippen LogP contribution in [0.1, 0.15) is 12.8 Å². The Morgan fingerprint density at radius 3 is 2.88 bits per heavy atom. The first-order valence-electron chi connectivity index (χ1n) is 7.93. The second-order valence-corrected chi connectivity index (χ2v) is 6.72. The molecule has 0 saturated carbocycles. The summed E-state index contributed by atoms with van der Waals surface area (Å²) in [5.41, 5.74) is 0.814. The van der Waals surface area contributed by atoms with Crippen molar-refractivity contribution in [3.05, 3.63) is 53.6 Å². The molecule has 3 heterocycles. The van der Waals surface area contributed by atoms with Crippen molar-refractivity contribution in [1.82, 2.24) is 24.9 Å². The average molecular weight is 388 g/mol. The van der Waals surface area contributed by atoms with E-state index in [9.17, 15) is 0 Å². The topological polar surface area (TPSA) is 82.8 Å². The molecule has 0 aliphatic rings. The van der Waals surface area contributed by atoms with Gasteiger partial charge in [0.25, 0.3) is 0 Å². The maximum Gasteiger partial charge on any atom is 0.237 e. The molecule has 9 heteroatoms. The highest BCUT2D eigenvalue weighted by molar-refractivity contribution is 7.98. The third kappa shape index (κ3) is 3.38. The lowest BCUT2D eigenvalue weighted by molar-refractivity contribution is 0.391. The fourth-order valence-electron chi connectivity index (χ4n) is 2.45. The predicted octanol–water partition coefficient (Wildman–Crippen LogP) is 4.55. The number of nitrogens with zero attached hydrogens (tertiary/aromatic N) is 5. The molecule has 3 aromatic heterocycles. The molecule has 0 bridgehead atoms. The Balaban J connectivity index is 1.50. The van der Waals surface area contributed by atoms with Gasteiger partial charge in [-0.2, -0.15) is 4.98 Å². The van der Waals surface area contributed by atoms with Crippen molar-refractivity contribution < 1.29 is 8.94 Å². The smallest absolute Gasteiger partial charge is 0.237 e. The molecule has 0 aliphatic heterocycles. The van der Waals surface area contributed by atoms with Gasteiger partial charge < -0.3 is 8.94 Å². The van der Waals surface area contributed by atoms with E-state index in [2.05, 4.69) is 20.3 Å². The van der Waals surface area contributed by atoms with Gasteiger partial charge in [0.15, 0.2) is 16.7 Å². The molecule has 0 aliphatic carbocycles. The molecule has 0 radical (unpaired) electrons. The summed E-state index contributed by atoms with van der Waals surface area (Å²) < 4.78 is 12.7. The summed E-state index contributed by atoms with van der Waals surface area (Å²) in [4.78, 5) is 4.42. The fourth-order valence-corrected chi connectivity index (χ4v) is 3.48. The molecule has 0 spiro atoms. The molecular weight excluding hydrogens is 374 g/mol. The van der Waals surface area contributed by atoms with Crippen molar-refractivity contribution in [1.29, 1.82) is 0 Å². The van der Waals surface area contributed by atoms with Crippen LogP contribution in [0, 0.1) is 0 Å². The number of rotatable bonds is 6. The van der Waals surface area contributed by atoms with E-state index < -0.39 is 0 Å². The first kappa shape index (κ1) is 16.9. The zero-order valence-corrected chi connectivity index (χ0v) is 15.4. The lowest BCUT2D eigenvalue weighted by Gasteiger charge is -2.04. The zero-order valence-electron chi connectivity index (χ0n) is 13.8. The van der Waals surface area contributed by atoms with Gasteiger partial charge in [-0.3, -0.25) is 4.57 Å². The molecule has 0 atom stereocenters. The van der Waals surface area contributed by atoms with Gasteiger partial charge in [0, 0.05) is 17.1 Å². The third-order valence-corrected chi connectivity index (χ3v) is 4.84. The average Bonchev–Trinajstić information content (AvgIpc) is 3.39. The Morgan fingerprint density at radius 2 is 2.12 bits per heavy atom. The maximum absolute atomic E-state index is 6.00. The molecule has 4 rings (SSSR count). The van der Waals surface area contributed by atoms with E-state index in [1.54, 1.807) is 18.4 Å². The minimum absolute atomic E-state index is 0.490. The van der Waals surface area contributed by atoms with E-state index in [4.69, 9.17) is 20.5 Å². The van der Waals surface area contributed by atoms with Crippen LogP contribution in [0.25, 0.3) is 23.0 Å². The number of hydrogen-bond acceptors (Lipinski definition) is 7. The first-order chi connectivity index (χ1) is 12.7. The Labute approximate surface area is 158 Å². The second kappa shape index (κ2) is 7.35. The van der Waals surface area contributed by atoms with Crippen molar-refractivity contribution in [2.45, 2.75) is 24.4 Å². The van der Waals surface area contributed by atoms with Crippen molar-refractivity contribution in [2.24, 2.45) is 0 Å². The number of halogens is 1. The third-order valence-electron chi connectivity index (χ3n) is 3.65. The van der Waals surface area contributed by atoms with E-state index in [1.807, 2.05) is 35.8 Å². The minimum Gasteiger partial charge on any atom is -0.461 e. The molecule has 26 heavy (non-hydrogen) atoms. The van der Waals surface area contributed by atoms with Crippen LogP contribution in [0.2, 0.25) is 5.02 Å². The highest BCUT2D eigenvalue weighted by Crippen LogP contribution is 2.27. The Kier molecular flexibility index (Phi) is 4.77. The normalized spacial score (nSPS) is 11.2. The monoisotopic (exact) mass is 387 g/mol. The van der Waals surface area contributed by atoms with Crippen molar-refractivity contribution in [3.8, 4) is 23.0 Å². The lowest BCUT2D eigenvalue weighted by atomic mass is 10.2. The van der Waals surface area contributed by atoms with Crippen molar-refractivity contribution >= 4 is 23.4 Å². The number of furan rings is 1. The maximum atomic E-state index is 6.00. The molecule has 0 fully saturated rings. The molecule has 132 valence electrons. The zero-order chi connectivity index (χ0) is 17.9. The summed E-state index contributed by atoms with van der Waals surface area (Å²) in [6.45, 7) is 2.76. The molecule has 0 saturated heterocycles. The van der Waals surface area contributed by atoms with Gasteiger partial charge >= 0.3 is 0 Å². The number of thioether (sulfide) groups is 1. The van der Waals surface area contributed by atoms with Gasteiger partial charge in [-0.05, 0) is 31.2 Å². The van der Waals surface area contributed by atoms with Crippen LogP contribution in [-0.4, -0.2) is 24.9 Å². The molecule has 0 N–H and O–H groups in total. The van der Waals surface area contributed by atoms with E-state index in [0.717, 1.165) is 17.3 Å². The Hall–Kier alpha value is -2.58. The molecule has 1 aromatic carbocycles. The highest BCUT2D eigenvalue weighted by Gasteiger charge is 2.16. The van der Waals surface area contributed by atoms with E-state index in [0.29, 0.717) is 34.1 Å². The number of aromatic nitrogens is 5. The number of benzene rings is 1. The van der Waals surface area contributed by atoms with E-state index in [1.165, 1.54) is 11.8 Å². The largest absolute Gasteiger partial charge is 0.461 e. The Morgan fingerprint density at radius 1 is 1.19 bits per heavy atom. The summed E-state index contributed by atoms with van der Waals surface area (Å²) >= 11 is 7.48. The van der Waals surface area contributed by atoms with Gasteiger partial charge in [0.05, 0.1) is 12.0 Å². The first-order valence-corrected chi connectivity index (χ1v) is 9.29. The van der Waals surface area contributed by atoms with Crippen LogP contribution in [0.15, 0.2) is 56.8 Å². The van der Waals surface area contributed by atoms with Gasteiger partial charge in [-0.25, -0.2) is 0 Å². The van der Waals surface area contributed by atoms with Crippen molar-refractivity contribution in [2.75, 3.05) is 0 Å². The van der Waals surface area contributed by atoms with Crippen LogP contribution in [0.4, 0.5) is 0 Å². The molecule has 0 amide bonds. The molecule has 7 nitrogen and oxygen atoms in total. The van der Waals surface area contributed by atoms with Crippen LogP contribution in [0.5, 0.6) is 0 Å². The van der Waals surface area contributed by atoms with E-state index in [-0.39, 0.29) is 0 Å². The van der Waals surface area contributed by atoms with E-state index >= 15 is 0 Å². The summed E-state index contributed by atoms with van der Waals surface area (Å²) in [5.74, 6) is 2.90. The quantitative estimate of drug-likeness (QED) is 0.448. The Bertz CT molecular complexity index is 1010. The summed E-state index contributed by atoms with van der Waals surface area (Å²) in [5, 5.41) is 13.9. The van der Waals surface area contributed by atoms with Gasteiger partial charge in [0.1, 0.15) is 0 Å².